The Hall–Kier alpha value is -0.970. The molecule has 0 saturated carbocycles. The average molecular weight is 201 g/mol. The van der Waals surface area contributed by atoms with Crippen molar-refractivity contribution in [1.29, 1.82) is 0 Å². The quantitative estimate of drug-likeness (QED) is 0.756. The normalized spacial score (nSPS) is 10.7. The van der Waals surface area contributed by atoms with E-state index in [1.807, 2.05) is 0 Å². The molecule has 1 aromatic heterocycles. The van der Waals surface area contributed by atoms with Crippen molar-refractivity contribution in [3.63, 3.8) is 0 Å². The van der Waals surface area contributed by atoms with E-state index < -0.39 is 5.97 Å². The predicted molar refractivity (Wildman–Crippen MR) is 49.0 cm³/mol. The highest BCUT2D eigenvalue weighted by Crippen LogP contribution is 2.19. The molecule has 1 aromatic rings. The highest BCUT2D eigenvalue weighted by Gasteiger charge is 2.10. The van der Waals surface area contributed by atoms with Crippen LogP contribution in [0.5, 0.6) is 0 Å². The van der Waals surface area contributed by atoms with Gasteiger partial charge in [0.1, 0.15) is 6.26 Å². The van der Waals surface area contributed by atoms with Crippen LogP contribution < -0.4 is 0 Å². The monoisotopic (exact) mass is 201 g/mol. The Morgan fingerprint density at radius 1 is 1.77 bits per heavy atom. The summed E-state index contributed by atoms with van der Waals surface area (Å²) in [6.07, 6.45) is 1.16. The number of rotatable bonds is 4. The maximum absolute atomic E-state index is 10.4. The second kappa shape index (κ2) is 4.32. The lowest BCUT2D eigenvalue weighted by Crippen LogP contribution is -1.96. The molecule has 5 heteroatoms. The van der Waals surface area contributed by atoms with Crippen LogP contribution in [0.4, 0.5) is 0 Å². The Morgan fingerprint density at radius 3 is 2.92 bits per heavy atom. The van der Waals surface area contributed by atoms with E-state index in [-0.39, 0.29) is 5.69 Å². The molecule has 0 radical (unpaired) electrons. The number of carboxylic acid groups (broad SMARTS) is 1. The van der Waals surface area contributed by atoms with Crippen LogP contribution in [0.3, 0.4) is 0 Å². The molecular weight excluding hydrogens is 190 g/mol. The van der Waals surface area contributed by atoms with Gasteiger partial charge in [-0.25, -0.2) is 4.79 Å². The number of carbonyl (C=O) groups is 1. The van der Waals surface area contributed by atoms with E-state index >= 15 is 0 Å². The third-order valence-electron chi connectivity index (χ3n) is 1.24. The first-order valence-electron chi connectivity index (χ1n) is 3.91. The fourth-order valence-corrected chi connectivity index (χ4v) is 1.41. The number of thioether (sulfide) groups is 1. The number of hydrogen-bond donors (Lipinski definition) is 1. The van der Waals surface area contributed by atoms with E-state index in [2.05, 4.69) is 18.8 Å². The van der Waals surface area contributed by atoms with Gasteiger partial charge in [0, 0.05) is 5.75 Å². The van der Waals surface area contributed by atoms with Gasteiger partial charge in [-0.05, 0) is 5.92 Å². The summed E-state index contributed by atoms with van der Waals surface area (Å²) in [5.74, 6) is 0.352. The molecule has 0 fully saturated rings. The third kappa shape index (κ3) is 3.10. The molecule has 0 atom stereocenters. The SMILES string of the molecule is CC(C)CSc1nc(C(=O)O)co1. The molecule has 1 rings (SSSR count). The third-order valence-corrected chi connectivity index (χ3v) is 2.51. The van der Waals surface area contributed by atoms with E-state index in [1.54, 1.807) is 0 Å². The smallest absolute Gasteiger partial charge is 0.357 e. The first-order valence-corrected chi connectivity index (χ1v) is 4.89. The van der Waals surface area contributed by atoms with Gasteiger partial charge in [0.2, 0.25) is 0 Å². The Morgan fingerprint density at radius 2 is 2.46 bits per heavy atom. The molecule has 4 nitrogen and oxygen atoms in total. The number of carboxylic acids is 1. The van der Waals surface area contributed by atoms with Gasteiger partial charge in [0.05, 0.1) is 0 Å². The van der Waals surface area contributed by atoms with Gasteiger partial charge < -0.3 is 9.52 Å². The van der Waals surface area contributed by atoms with Gasteiger partial charge in [-0.1, -0.05) is 25.6 Å². The molecule has 0 aliphatic rings. The topological polar surface area (TPSA) is 63.3 Å². The molecule has 0 aromatic carbocycles. The highest BCUT2D eigenvalue weighted by atomic mass is 32.2. The van der Waals surface area contributed by atoms with Crippen molar-refractivity contribution in [3.05, 3.63) is 12.0 Å². The van der Waals surface area contributed by atoms with E-state index in [1.165, 1.54) is 11.8 Å². The van der Waals surface area contributed by atoms with Gasteiger partial charge in [-0.3, -0.25) is 0 Å². The summed E-state index contributed by atoms with van der Waals surface area (Å²) >= 11 is 1.43. The van der Waals surface area contributed by atoms with Crippen molar-refractivity contribution in [2.24, 2.45) is 5.92 Å². The fourth-order valence-electron chi connectivity index (χ4n) is 0.660. The van der Waals surface area contributed by atoms with Crippen LogP contribution in [-0.2, 0) is 0 Å². The molecule has 13 heavy (non-hydrogen) atoms. The van der Waals surface area contributed by atoms with Gasteiger partial charge >= 0.3 is 5.97 Å². The second-order valence-corrected chi connectivity index (χ2v) is 3.98. The lowest BCUT2D eigenvalue weighted by molar-refractivity contribution is 0.0690. The maximum Gasteiger partial charge on any atom is 0.357 e. The zero-order chi connectivity index (χ0) is 9.84. The standard InChI is InChI=1S/C8H11NO3S/c1-5(2)4-13-8-9-6(3-12-8)7(10)11/h3,5H,4H2,1-2H3,(H,10,11). The predicted octanol–water partition coefficient (Wildman–Crippen LogP) is 2.12. The van der Waals surface area contributed by atoms with Gasteiger partial charge in [-0.2, -0.15) is 4.98 Å². The number of oxazole rings is 1. The van der Waals surface area contributed by atoms with Crippen molar-refractivity contribution in [2.75, 3.05) is 5.75 Å². The fraction of sp³-hybridized carbons (Fsp3) is 0.500. The molecule has 0 unspecified atom stereocenters. The summed E-state index contributed by atoms with van der Waals surface area (Å²) in [4.78, 5) is 14.2. The molecular formula is C8H11NO3S. The van der Waals surface area contributed by atoms with Crippen LogP contribution in [0.1, 0.15) is 24.3 Å². The molecule has 0 aliphatic heterocycles. The second-order valence-electron chi connectivity index (χ2n) is 3.01. The molecule has 0 bridgehead atoms. The largest absolute Gasteiger partial charge is 0.476 e. The van der Waals surface area contributed by atoms with Crippen LogP contribution >= 0.6 is 11.8 Å². The summed E-state index contributed by atoms with van der Waals surface area (Å²) < 4.78 is 4.95. The van der Waals surface area contributed by atoms with Crippen LogP contribution in [-0.4, -0.2) is 21.8 Å². The minimum Gasteiger partial charge on any atom is -0.476 e. The maximum atomic E-state index is 10.4. The number of hydrogen-bond acceptors (Lipinski definition) is 4. The molecule has 0 spiro atoms. The Balaban J connectivity index is 2.54. The number of aromatic nitrogens is 1. The minimum atomic E-state index is -1.06. The summed E-state index contributed by atoms with van der Waals surface area (Å²) in [6, 6.07) is 0. The van der Waals surface area contributed by atoms with E-state index in [9.17, 15) is 4.79 Å². The van der Waals surface area contributed by atoms with Crippen molar-refractivity contribution in [1.82, 2.24) is 4.98 Å². The lowest BCUT2D eigenvalue weighted by Gasteiger charge is -1.98. The minimum absolute atomic E-state index is 0.0359. The zero-order valence-electron chi connectivity index (χ0n) is 7.48. The van der Waals surface area contributed by atoms with Crippen molar-refractivity contribution >= 4 is 17.7 Å². The first kappa shape index (κ1) is 10.1. The van der Waals surface area contributed by atoms with Crippen molar-refractivity contribution in [3.8, 4) is 0 Å². The van der Waals surface area contributed by atoms with Gasteiger partial charge in [0.15, 0.2) is 5.69 Å². The van der Waals surface area contributed by atoms with Crippen molar-refractivity contribution < 1.29 is 14.3 Å². The Bertz CT molecular complexity index is 295. The molecule has 1 heterocycles. The first-order chi connectivity index (χ1) is 6.09. The van der Waals surface area contributed by atoms with Gasteiger partial charge in [0.25, 0.3) is 5.22 Å². The van der Waals surface area contributed by atoms with Crippen LogP contribution in [0.25, 0.3) is 0 Å². The molecule has 0 saturated heterocycles. The highest BCUT2D eigenvalue weighted by molar-refractivity contribution is 7.99. The zero-order valence-corrected chi connectivity index (χ0v) is 8.30. The molecule has 72 valence electrons. The number of aromatic carboxylic acids is 1. The lowest BCUT2D eigenvalue weighted by atomic mass is 10.3. The van der Waals surface area contributed by atoms with Gasteiger partial charge in [-0.15, -0.1) is 0 Å². The van der Waals surface area contributed by atoms with Crippen molar-refractivity contribution in [2.45, 2.75) is 19.1 Å². The molecule has 1 N–H and O–H groups in total. The molecule has 0 amide bonds. The summed E-state index contributed by atoms with van der Waals surface area (Å²) in [7, 11) is 0. The Labute approximate surface area is 80.3 Å². The number of nitrogens with zero attached hydrogens (tertiary/aromatic N) is 1. The molecule has 0 aliphatic carbocycles. The van der Waals surface area contributed by atoms with Crippen LogP contribution in [0, 0.1) is 5.92 Å². The van der Waals surface area contributed by atoms with E-state index in [0.717, 1.165) is 12.0 Å². The van der Waals surface area contributed by atoms with Crippen LogP contribution in [0.15, 0.2) is 15.9 Å². The average Bonchev–Trinajstić information content (AvgIpc) is 2.48. The van der Waals surface area contributed by atoms with Crippen LogP contribution in [0.2, 0.25) is 0 Å². The van der Waals surface area contributed by atoms with E-state index in [4.69, 9.17) is 9.52 Å². The summed E-state index contributed by atoms with van der Waals surface area (Å²) in [5, 5.41) is 8.97. The van der Waals surface area contributed by atoms with E-state index in [0.29, 0.717) is 11.1 Å². The summed E-state index contributed by atoms with van der Waals surface area (Å²) in [6.45, 7) is 4.15. The summed E-state index contributed by atoms with van der Waals surface area (Å²) in [5.41, 5.74) is -0.0359. The Kier molecular flexibility index (Phi) is 3.36.